The maximum atomic E-state index is 12.4. The molecule has 1 amide bonds. The molecule has 28 heavy (non-hydrogen) atoms. The van der Waals surface area contributed by atoms with E-state index < -0.39 is 5.91 Å². The molecule has 0 heterocycles. The molecule has 0 bridgehead atoms. The Morgan fingerprint density at radius 2 is 1.96 bits per heavy atom. The maximum Gasteiger partial charge on any atom is 0.266 e. The van der Waals surface area contributed by atoms with Crippen LogP contribution in [-0.4, -0.2) is 19.1 Å². The Bertz CT molecular complexity index is 905. The number of halogens is 2. The topological polar surface area (TPSA) is 71.3 Å². The molecule has 5 nitrogen and oxygen atoms in total. The molecule has 146 valence electrons. The van der Waals surface area contributed by atoms with Crippen molar-refractivity contribution in [2.75, 3.05) is 18.5 Å². The standard InChI is InChI=1S/C21H20BrClN2O3/c1-3-9-28-20-18(22)11-14(12-19(20)27-4-2)10-15(13-24)21(26)25-17-7-5-16(23)6-8-17/h5-8,10-12H,3-4,9H2,1-2H3,(H,25,26)/b15-10-. The fourth-order valence-corrected chi connectivity index (χ4v) is 3.03. The van der Waals surface area contributed by atoms with E-state index >= 15 is 0 Å². The van der Waals surface area contributed by atoms with Crippen molar-refractivity contribution in [1.29, 1.82) is 5.26 Å². The molecule has 0 aromatic heterocycles. The van der Waals surface area contributed by atoms with Crippen molar-refractivity contribution >= 4 is 45.2 Å². The minimum Gasteiger partial charge on any atom is -0.490 e. The number of hydrogen-bond donors (Lipinski definition) is 1. The maximum absolute atomic E-state index is 12.4. The number of amides is 1. The number of rotatable bonds is 8. The minimum absolute atomic E-state index is 0.0356. The number of hydrogen-bond acceptors (Lipinski definition) is 4. The van der Waals surface area contributed by atoms with Crippen LogP contribution in [0.1, 0.15) is 25.8 Å². The molecule has 2 rings (SSSR count). The molecule has 0 radical (unpaired) electrons. The van der Waals surface area contributed by atoms with Gasteiger partial charge in [0.05, 0.1) is 17.7 Å². The minimum atomic E-state index is -0.509. The monoisotopic (exact) mass is 462 g/mol. The van der Waals surface area contributed by atoms with Crippen LogP contribution >= 0.6 is 27.5 Å². The Morgan fingerprint density at radius 3 is 2.57 bits per heavy atom. The number of nitriles is 1. The van der Waals surface area contributed by atoms with Gasteiger partial charge in [-0.15, -0.1) is 0 Å². The molecule has 2 aromatic carbocycles. The molecule has 2 aromatic rings. The molecular weight excluding hydrogens is 444 g/mol. The highest BCUT2D eigenvalue weighted by atomic mass is 79.9. The molecule has 0 saturated carbocycles. The highest BCUT2D eigenvalue weighted by Gasteiger charge is 2.14. The van der Waals surface area contributed by atoms with Gasteiger partial charge >= 0.3 is 0 Å². The van der Waals surface area contributed by atoms with Crippen LogP contribution in [0.2, 0.25) is 5.02 Å². The SMILES string of the molecule is CCCOc1c(Br)cc(/C=C(/C#N)C(=O)Nc2ccc(Cl)cc2)cc1OCC. The summed E-state index contributed by atoms with van der Waals surface area (Å²) in [4.78, 5) is 12.4. The zero-order valence-electron chi connectivity index (χ0n) is 15.6. The Morgan fingerprint density at radius 1 is 1.25 bits per heavy atom. The van der Waals surface area contributed by atoms with E-state index in [-0.39, 0.29) is 5.57 Å². The highest BCUT2D eigenvalue weighted by molar-refractivity contribution is 9.10. The quantitative estimate of drug-likeness (QED) is 0.394. The number of nitrogens with one attached hydrogen (secondary N) is 1. The van der Waals surface area contributed by atoms with E-state index in [1.165, 1.54) is 6.08 Å². The van der Waals surface area contributed by atoms with Gasteiger partial charge in [-0.25, -0.2) is 0 Å². The van der Waals surface area contributed by atoms with Crippen molar-refractivity contribution in [3.63, 3.8) is 0 Å². The van der Waals surface area contributed by atoms with E-state index in [0.29, 0.717) is 45.5 Å². The van der Waals surface area contributed by atoms with Crippen molar-refractivity contribution in [2.45, 2.75) is 20.3 Å². The second-order valence-corrected chi connectivity index (χ2v) is 7.03. The number of anilines is 1. The lowest BCUT2D eigenvalue weighted by Gasteiger charge is -2.14. The summed E-state index contributed by atoms with van der Waals surface area (Å²) in [5.74, 6) is 0.641. The van der Waals surface area contributed by atoms with Crippen LogP contribution in [-0.2, 0) is 4.79 Å². The Kier molecular flexibility index (Phi) is 8.37. The Balaban J connectivity index is 2.30. The summed E-state index contributed by atoms with van der Waals surface area (Å²) in [6, 6.07) is 12.1. The van der Waals surface area contributed by atoms with Gasteiger partial charge in [-0.1, -0.05) is 18.5 Å². The van der Waals surface area contributed by atoms with Gasteiger partial charge < -0.3 is 14.8 Å². The number of carbonyl (C=O) groups is 1. The van der Waals surface area contributed by atoms with Gasteiger partial charge in [0, 0.05) is 10.7 Å². The number of nitrogens with zero attached hydrogens (tertiary/aromatic N) is 1. The molecule has 0 aliphatic carbocycles. The molecule has 0 unspecified atom stereocenters. The molecule has 0 aliphatic heterocycles. The third-order valence-electron chi connectivity index (χ3n) is 3.56. The highest BCUT2D eigenvalue weighted by Crippen LogP contribution is 2.37. The lowest BCUT2D eigenvalue weighted by molar-refractivity contribution is -0.112. The van der Waals surface area contributed by atoms with Crippen molar-refractivity contribution < 1.29 is 14.3 Å². The molecule has 0 atom stereocenters. The van der Waals surface area contributed by atoms with Crippen LogP contribution in [0.5, 0.6) is 11.5 Å². The molecule has 1 N–H and O–H groups in total. The second-order valence-electron chi connectivity index (χ2n) is 5.74. The van der Waals surface area contributed by atoms with Crippen LogP contribution in [0.3, 0.4) is 0 Å². The first-order chi connectivity index (χ1) is 13.5. The van der Waals surface area contributed by atoms with Crippen LogP contribution in [0.25, 0.3) is 6.08 Å². The van der Waals surface area contributed by atoms with E-state index in [1.54, 1.807) is 36.4 Å². The fourth-order valence-electron chi connectivity index (χ4n) is 2.33. The van der Waals surface area contributed by atoms with E-state index in [4.69, 9.17) is 21.1 Å². The van der Waals surface area contributed by atoms with Crippen molar-refractivity contribution in [2.24, 2.45) is 0 Å². The van der Waals surface area contributed by atoms with E-state index in [1.807, 2.05) is 19.9 Å². The Labute approximate surface area is 178 Å². The number of carbonyl (C=O) groups excluding carboxylic acids is 1. The summed E-state index contributed by atoms with van der Waals surface area (Å²) in [6.45, 7) is 4.91. The smallest absolute Gasteiger partial charge is 0.266 e. The number of benzene rings is 2. The number of ether oxygens (including phenoxy) is 2. The first-order valence-electron chi connectivity index (χ1n) is 8.76. The van der Waals surface area contributed by atoms with Crippen LogP contribution < -0.4 is 14.8 Å². The first kappa shape index (κ1) is 21.8. The van der Waals surface area contributed by atoms with Gasteiger partial charge in [0.2, 0.25) is 0 Å². The zero-order valence-corrected chi connectivity index (χ0v) is 17.9. The fraction of sp³-hybridized carbons (Fsp3) is 0.238. The molecular formula is C21H20BrClN2O3. The Hall–Kier alpha value is -2.49. The van der Waals surface area contributed by atoms with Crippen molar-refractivity contribution in [1.82, 2.24) is 0 Å². The zero-order chi connectivity index (χ0) is 20.5. The summed E-state index contributed by atoms with van der Waals surface area (Å²) in [5.41, 5.74) is 1.16. The predicted octanol–water partition coefficient (Wildman–Crippen LogP) is 5.84. The lowest BCUT2D eigenvalue weighted by Crippen LogP contribution is -2.13. The molecule has 0 aliphatic rings. The van der Waals surface area contributed by atoms with Crippen molar-refractivity contribution in [3.8, 4) is 17.6 Å². The first-order valence-corrected chi connectivity index (χ1v) is 9.93. The van der Waals surface area contributed by atoms with Crippen LogP contribution in [0.4, 0.5) is 5.69 Å². The van der Waals surface area contributed by atoms with E-state index in [2.05, 4.69) is 21.2 Å². The van der Waals surface area contributed by atoms with Crippen LogP contribution in [0, 0.1) is 11.3 Å². The summed E-state index contributed by atoms with van der Waals surface area (Å²) < 4.78 is 12.1. The van der Waals surface area contributed by atoms with Gasteiger partial charge in [-0.2, -0.15) is 5.26 Å². The van der Waals surface area contributed by atoms with Crippen molar-refractivity contribution in [3.05, 3.63) is 57.0 Å². The molecule has 0 fully saturated rings. The normalized spacial score (nSPS) is 10.9. The molecule has 0 spiro atoms. The third kappa shape index (κ3) is 6.01. The second kappa shape index (κ2) is 10.7. The summed E-state index contributed by atoms with van der Waals surface area (Å²) in [6.07, 6.45) is 2.37. The van der Waals surface area contributed by atoms with Gasteiger partial charge in [0.1, 0.15) is 11.6 Å². The average Bonchev–Trinajstić information content (AvgIpc) is 2.67. The molecule has 7 heteroatoms. The summed E-state index contributed by atoms with van der Waals surface area (Å²) in [5, 5.41) is 12.7. The van der Waals surface area contributed by atoms with Gasteiger partial charge in [-0.05, 0) is 77.3 Å². The van der Waals surface area contributed by atoms with E-state index in [0.717, 1.165) is 6.42 Å². The summed E-state index contributed by atoms with van der Waals surface area (Å²) in [7, 11) is 0. The van der Waals surface area contributed by atoms with Crippen LogP contribution in [0.15, 0.2) is 46.4 Å². The predicted molar refractivity (Wildman–Crippen MR) is 115 cm³/mol. The van der Waals surface area contributed by atoms with Gasteiger partial charge in [0.25, 0.3) is 5.91 Å². The average molecular weight is 464 g/mol. The third-order valence-corrected chi connectivity index (χ3v) is 4.40. The summed E-state index contributed by atoms with van der Waals surface area (Å²) >= 11 is 9.32. The van der Waals surface area contributed by atoms with Gasteiger partial charge in [0.15, 0.2) is 11.5 Å². The molecule has 0 saturated heterocycles. The van der Waals surface area contributed by atoms with Gasteiger partial charge in [-0.3, -0.25) is 4.79 Å². The largest absolute Gasteiger partial charge is 0.490 e. The van der Waals surface area contributed by atoms with E-state index in [9.17, 15) is 10.1 Å². The lowest BCUT2D eigenvalue weighted by atomic mass is 10.1.